The van der Waals surface area contributed by atoms with Crippen LogP contribution in [0.3, 0.4) is 0 Å². The molecule has 4 N–H and O–H groups in total. The molecule has 0 aliphatic rings. The number of halogens is 1. The number of aromatic hydroxyl groups is 1. The minimum Gasteiger partial charge on any atom is -0.508 e. The number of nitrogens with two attached hydrogens (primary N) is 1. The fraction of sp³-hybridized carbons (Fsp3) is 0.0667. The smallest absolute Gasteiger partial charge is 0.255 e. The molecule has 0 saturated carbocycles. The van der Waals surface area contributed by atoms with Crippen molar-refractivity contribution in [2.45, 2.75) is 6.92 Å². The zero-order valence-corrected chi connectivity index (χ0v) is 12.8. The highest BCUT2D eigenvalue weighted by atomic mass is 35.5. The topological polar surface area (TPSA) is 75.3 Å². The first-order valence-electron chi connectivity index (χ1n) is 6.09. The van der Waals surface area contributed by atoms with E-state index in [1.165, 1.54) is 12.1 Å². The number of phenolic OH excluding ortho intramolecular Hbond substituents is 1. The molecular weight excluding hydrogens is 308 g/mol. The lowest BCUT2D eigenvalue weighted by atomic mass is 10.1. The van der Waals surface area contributed by atoms with Gasteiger partial charge in [-0.2, -0.15) is 0 Å². The fourth-order valence-electron chi connectivity index (χ4n) is 1.86. The maximum absolute atomic E-state index is 12.2. The minimum absolute atomic E-state index is 0.114. The zero-order valence-electron chi connectivity index (χ0n) is 11.2. The Morgan fingerprint density at radius 1 is 1.29 bits per heavy atom. The Morgan fingerprint density at radius 2 is 2.00 bits per heavy atom. The van der Waals surface area contributed by atoms with Gasteiger partial charge in [0.15, 0.2) is 0 Å². The Morgan fingerprint density at radius 3 is 2.57 bits per heavy atom. The first-order chi connectivity index (χ1) is 9.88. The SMILES string of the molecule is Cc1cc(O)ccc1C(=O)Nc1ccc(C(N)=S)cc1Cl. The van der Waals surface area contributed by atoms with Gasteiger partial charge in [0, 0.05) is 11.1 Å². The predicted molar refractivity (Wildman–Crippen MR) is 88.1 cm³/mol. The number of aryl methyl sites for hydroxylation is 1. The molecule has 0 atom stereocenters. The summed E-state index contributed by atoms with van der Waals surface area (Å²) in [7, 11) is 0. The molecule has 0 aromatic heterocycles. The van der Waals surface area contributed by atoms with E-state index in [4.69, 9.17) is 29.6 Å². The maximum atomic E-state index is 12.2. The van der Waals surface area contributed by atoms with Crippen LogP contribution in [0, 0.1) is 6.92 Å². The number of rotatable bonds is 3. The number of thiocarbonyl (C=S) groups is 1. The molecule has 1 amide bonds. The lowest BCUT2D eigenvalue weighted by Gasteiger charge is -2.10. The summed E-state index contributed by atoms with van der Waals surface area (Å²) in [4.78, 5) is 12.5. The van der Waals surface area contributed by atoms with E-state index >= 15 is 0 Å². The van der Waals surface area contributed by atoms with Gasteiger partial charge in [-0.15, -0.1) is 0 Å². The predicted octanol–water partition coefficient (Wildman–Crippen LogP) is 3.24. The molecule has 0 radical (unpaired) electrons. The summed E-state index contributed by atoms with van der Waals surface area (Å²) in [6.07, 6.45) is 0. The summed E-state index contributed by atoms with van der Waals surface area (Å²) in [6, 6.07) is 9.46. The maximum Gasteiger partial charge on any atom is 0.255 e. The highest BCUT2D eigenvalue weighted by Gasteiger charge is 2.12. The molecule has 0 heterocycles. The first-order valence-corrected chi connectivity index (χ1v) is 6.87. The van der Waals surface area contributed by atoms with Gasteiger partial charge in [-0.25, -0.2) is 0 Å². The Bertz CT molecular complexity index is 732. The third kappa shape index (κ3) is 3.51. The Kier molecular flexibility index (Phi) is 4.45. The summed E-state index contributed by atoms with van der Waals surface area (Å²) >= 11 is 11.0. The van der Waals surface area contributed by atoms with E-state index in [0.29, 0.717) is 27.4 Å². The molecule has 0 saturated heterocycles. The van der Waals surface area contributed by atoms with E-state index in [0.717, 1.165) is 0 Å². The lowest BCUT2D eigenvalue weighted by Crippen LogP contribution is -2.14. The third-order valence-corrected chi connectivity index (χ3v) is 3.50. The first kappa shape index (κ1) is 15.3. The van der Waals surface area contributed by atoms with E-state index in [-0.39, 0.29) is 16.6 Å². The second-order valence-corrected chi connectivity index (χ2v) is 5.36. The van der Waals surface area contributed by atoms with Crippen LogP contribution in [0.15, 0.2) is 36.4 Å². The second-order valence-electron chi connectivity index (χ2n) is 4.51. The van der Waals surface area contributed by atoms with E-state index in [1.54, 1.807) is 31.2 Å². The van der Waals surface area contributed by atoms with E-state index in [9.17, 15) is 9.90 Å². The van der Waals surface area contributed by atoms with Crippen LogP contribution in [-0.4, -0.2) is 16.0 Å². The van der Waals surface area contributed by atoms with Crippen LogP contribution in [0.4, 0.5) is 5.69 Å². The number of carbonyl (C=O) groups excluding carboxylic acids is 1. The summed E-state index contributed by atoms with van der Waals surface area (Å²) in [5.41, 5.74) is 7.75. The van der Waals surface area contributed by atoms with Gasteiger partial charge >= 0.3 is 0 Å². The van der Waals surface area contributed by atoms with Crippen molar-refractivity contribution in [3.63, 3.8) is 0 Å². The van der Waals surface area contributed by atoms with Crippen molar-refractivity contribution in [2.75, 3.05) is 5.32 Å². The second kappa shape index (κ2) is 6.11. The van der Waals surface area contributed by atoms with Gasteiger partial charge in [-0.3, -0.25) is 4.79 Å². The van der Waals surface area contributed by atoms with Crippen molar-refractivity contribution in [3.8, 4) is 5.75 Å². The standard InChI is InChI=1S/C15H13ClN2O2S/c1-8-6-10(19)3-4-11(8)15(20)18-13-5-2-9(14(17)21)7-12(13)16/h2-7,19H,1H3,(H2,17,21)(H,18,20). The third-order valence-electron chi connectivity index (χ3n) is 2.96. The van der Waals surface area contributed by atoms with Crippen molar-refractivity contribution in [3.05, 3.63) is 58.1 Å². The van der Waals surface area contributed by atoms with Crippen molar-refractivity contribution in [1.82, 2.24) is 0 Å². The number of nitrogens with one attached hydrogen (secondary N) is 1. The van der Waals surface area contributed by atoms with Crippen molar-refractivity contribution < 1.29 is 9.90 Å². The number of amides is 1. The van der Waals surface area contributed by atoms with Crippen LogP contribution >= 0.6 is 23.8 Å². The van der Waals surface area contributed by atoms with Gasteiger partial charge in [0.1, 0.15) is 10.7 Å². The van der Waals surface area contributed by atoms with Gasteiger partial charge in [-0.05, 0) is 48.9 Å². The molecule has 0 aliphatic carbocycles. The molecule has 0 unspecified atom stereocenters. The van der Waals surface area contributed by atoms with Crippen LogP contribution in [0.1, 0.15) is 21.5 Å². The number of hydrogen-bond donors (Lipinski definition) is 3. The molecule has 0 bridgehead atoms. The van der Waals surface area contributed by atoms with Gasteiger partial charge in [0.25, 0.3) is 5.91 Å². The molecule has 21 heavy (non-hydrogen) atoms. The molecule has 2 aromatic carbocycles. The quantitative estimate of drug-likeness (QED) is 0.759. The summed E-state index contributed by atoms with van der Waals surface area (Å²) < 4.78 is 0. The minimum atomic E-state index is -0.308. The molecule has 6 heteroatoms. The van der Waals surface area contributed by atoms with Crippen molar-refractivity contribution >= 4 is 40.4 Å². The van der Waals surface area contributed by atoms with Crippen LogP contribution < -0.4 is 11.1 Å². The molecule has 0 aliphatic heterocycles. The Hall–Kier alpha value is -2.11. The average Bonchev–Trinajstić information content (AvgIpc) is 2.40. The van der Waals surface area contributed by atoms with Crippen LogP contribution in [0.2, 0.25) is 5.02 Å². The van der Waals surface area contributed by atoms with Gasteiger partial charge in [-0.1, -0.05) is 23.8 Å². The number of hydrogen-bond acceptors (Lipinski definition) is 3. The van der Waals surface area contributed by atoms with E-state index in [2.05, 4.69) is 5.32 Å². The van der Waals surface area contributed by atoms with Crippen LogP contribution in [-0.2, 0) is 0 Å². The van der Waals surface area contributed by atoms with Crippen LogP contribution in [0.5, 0.6) is 5.75 Å². The normalized spacial score (nSPS) is 10.2. The molecule has 0 spiro atoms. The molecule has 0 fully saturated rings. The van der Waals surface area contributed by atoms with Gasteiger partial charge in [0.05, 0.1) is 10.7 Å². The number of carbonyl (C=O) groups is 1. The average molecular weight is 321 g/mol. The fourth-order valence-corrected chi connectivity index (χ4v) is 2.22. The lowest BCUT2D eigenvalue weighted by molar-refractivity contribution is 0.102. The largest absolute Gasteiger partial charge is 0.508 e. The monoisotopic (exact) mass is 320 g/mol. The summed E-state index contributed by atoms with van der Waals surface area (Å²) in [5, 5.41) is 12.4. The molecule has 2 rings (SSSR count). The van der Waals surface area contributed by atoms with E-state index in [1.807, 2.05) is 0 Å². The van der Waals surface area contributed by atoms with Crippen molar-refractivity contribution in [1.29, 1.82) is 0 Å². The summed E-state index contributed by atoms with van der Waals surface area (Å²) in [6.45, 7) is 1.74. The van der Waals surface area contributed by atoms with Gasteiger partial charge < -0.3 is 16.2 Å². The van der Waals surface area contributed by atoms with Crippen LogP contribution in [0.25, 0.3) is 0 Å². The number of benzene rings is 2. The highest BCUT2D eigenvalue weighted by Crippen LogP contribution is 2.24. The van der Waals surface area contributed by atoms with Crippen molar-refractivity contribution in [2.24, 2.45) is 5.73 Å². The summed E-state index contributed by atoms with van der Waals surface area (Å²) in [5.74, 6) is -0.194. The molecule has 108 valence electrons. The Balaban J connectivity index is 2.25. The Labute approximate surface area is 132 Å². The molecule has 4 nitrogen and oxygen atoms in total. The van der Waals surface area contributed by atoms with E-state index < -0.39 is 0 Å². The molecular formula is C15H13ClN2O2S. The zero-order chi connectivity index (χ0) is 15.6. The molecule has 2 aromatic rings. The highest BCUT2D eigenvalue weighted by molar-refractivity contribution is 7.80. The number of phenols is 1. The van der Waals surface area contributed by atoms with Gasteiger partial charge in [0.2, 0.25) is 0 Å². The number of anilines is 1.